The minimum atomic E-state index is -0.169. The van der Waals surface area contributed by atoms with Crippen LogP contribution < -0.4 is 4.74 Å². The summed E-state index contributed by atoms with van der Waals surface area (Å²) in [5.74, 6) is 0.498. The Morgan fingerprint density at radius 3 is 2.71 bits per heavy atom. The highest BCUT2D eigenvalue weighted by atomic mass is 16.5. The Hall–Kier alpha value is -1.35. The molecule has 3 heteroatoms. The lowest BCUT2D eigenvalue weighted by Gasteiger charge is -2.20. The van der Waals surface area contributed by atoms with E-state index < -0.39 is 0 Å². The van der Waals surface area contributed by atoms with Crippen LogP contribution in [0.4, 0.5) is 0 Å². The van der Waals surface area contributed by atoms with Gasteiger partial charge in [-0.2, -0.15) is 0 Å². The van der Waals surface area contributed by atoms with Crippen molar-refractivity contribution in [2.75, 3.05) is 6.61 Å². The summed E-state index contributed by atoms with van der Waals surface area (Å²) >= 11 is 0. The van der Waals surface area contributed by atoms with Gasteiger partial charge in [-0.1, -0.05) is 32.9 Å². The van der Waals surface area contributed by atoms with Gasteiger partial charge in [-0.3, -0.25) is 4.79 Å². The van der Waals surface area contributed by atoms with E-state index >= 15 is 0 Å². The van der Waals surface area contributed by atoms with Crippen molar-refractivity contribution >= 4 is 5.97 Å². The van der Waals surface area contributed by atoms with Crippen molar-refractivity contribution in [2.24, 2.45) is 0 Å². The van der Waals surface area contributed by atoms with Gasteiger partial charge in [0.1, 0.15) is 5.75 Å². The third-order valence-electron chi connectivity index (χ3n) is 3.96. The maximum absolute atomic E-state index is 11.9. The van der Waals surface area contributed by atoms with E-state index in [9.17, 15) is 4.79 Å². The molecule has 116 valence electrons. The van der Waals surface area contributed by atoms with Gasteiger partial charge in [-0.05, 0) is 48.8 Å². The van der Waals surface area contributed by atoms with Crippen LogP contribution in [-0.2, 0) is 14.9 Å². The van der Waals surface area contributed by atoms with Crippen molar-refractivity contribution in [3.63, 3.8) is 0 Å². The summed E-state index contributed by atoms with van der Waals surface area (Å²) in [7, 11) is 0. The lowest BCUT2D eigenvalue weighted by Crippen LogP contribution is -2.14. The summed E-state index contributed by atoms with van der Waals surface area (Å²) < 4.78 is 11.0. The molecule has 1 aromatic carbocycles. The molecule has 21 heavy (non-hydrogen) atoms. The van der Waals surface area contributed by atoms with Crippen LogP contribution in [-0.4, -0.2) is 18.7 Å². The molecule has 0 spiro atoms. The topological polar surface area (TPSA) is 35.5 Å². The molecular formula is C18H26O3. The largest absolute Gasteiger partial charge is 0.426 e. The minimum absolute atomic E-state index is 0.104. The Morgan fingerprint density at radius 2 is 2.14 bits per heavy atom. The second kappa shape index (κ2) is 6.61. The number of hydrogen-bond acceptors (Lipinski definition) is 3. The van der Waals surface area contributed by atoms with E-state index in [-0.39, 0.29) is 17.5 Å². The van der Waals surface area contributed by atoms with E-state index in [4.69, 9.17) is 9.47 Å². The molecule has 0 amide bonds. The van der Waals surface area contributed by atoms with Gasteiger partial charge >= 0.3 is 5.97 Å². The molecule has 0 radical (unpaired) electrons. The Kier molecular flexibility index (Phi) is 5.04. The number of carbonyl (C=O) groups is 1. The molecule has 0 aliphatic carbocycles. The number of hydrogen-bond donors (Lipinski definition) is 0. The van der Waals surface area contributed by atoms with Crippen LogP contribution in [0.25, 0.3) is 0 Å². The summed E-state index contributed by atoms with van der Waals surface area (Å²) in [5.41, 5.74) is 2.36. The van der Waals surface area contributed by atoms with Gasteiger partial charge in [-0.15, -0.1) is 0 Å². The molecule has 1 unspecified atom stereocenters. The molecule has 1 atom stereocenters. The highest BCUT2D eigenvalue weighted by molar-refractivity contribution is 5.72. The Labute approximate surface area is 127 Å². The molecule has 1 fully saturated rings. The number of aryl methyl sites for hydroxylation is 1. The number of rotatable bonds is 4. The van der Waals surface area contributed by atoms with Crippen LogP contribution >= 0.6 is 0 Å². The molecule has 1 heterocycles. The van der Waals surface area contributed by atoms with Crippen LogP contribution in [0, 0.1) is 6.92 Å². The Balaban J connectivity index is 1.91. The standard InChI is InChI=1S/C18H26O3/c1-13-12-14(18(2,3)4)7-9-16(13)21-17(19)10-8-15-6-5-11-20-15/h7,9,12,15H,5-6,8,10-11H2,1-4H3. The van der Waals surface area contributed by atoms with Gasteiger partial charge in [0.25, 0.3) is 0 Å². The van der Waals surface area contributed by atoms with Gasteiger partial charge in [0.05, 0.1) is 6.10 Å². The third kappa shape index (κ3) is 4.57. The summed E-state index contributed by atoms with van der Waals surface area (Å²) in [6.07, 6.45) is 3.59. The first-order valence-corrected chi connectivity index (χ1v) is 7.79. The van der Waals surface area contributed by atoms with E-state index in [2.05, 4.69) is 26.8 Å². The van der Waals surface area contributed by atoms with Crippen LogP contribution in [0.15, 0.2) is 18.2 Å². The maximum Gasteiger partial charge on any atom is 0.311 e. The number of ether oxygens (including phenoxy) is 2. The zero-order chi connectivity index (χ0) is 15.5. The van der Waals surface area contributed by atoms with E-state index in [1.54, 1.807) is 0 Å². The summed E-state index contributed by atoms with van der Waals surface area (Å²) in [5, 5.41) is 0. The van der Waals surface area contributed by atoms with Gasteiger partial charge in [0, 0.05) is 13.0 Å². The fourth-order valence-corrected chi connectivity index (χ4v) is 2.55. The normalized spacial score (nSPS) is 18.8. The second-order valence-electron chi connectivity index (χ2n) is 6.88. The predicted molar refractivity (Wildman–Crippen MR) is 83.7 cm³/mol. The van der Waals surface area contributed by atoms with E-state index in [1.807, 2.05) is 19.1 Å². The number of carbonyl (C=O) groups excluding carboxylic acids is 1. The summed E-state index contributed by atoms with van der Waals surface area (Å²) in [4.78, 5) is 11.9. The highest BCUT2D eigenvalue weighted by Crippen LogP contribution is 2.28. The molecule has 3 nitrogen and oxygen atoms in total. The minimum Gasteiger partial charge on any atom is -0.426 e. The zero-order valence-corrected chi connectivity index (χ0v) is 13.6. The monoisotopic (exact) mass is 290 g/mol. The predicted octanol–water partition coefficient (Wildman–Crippen LogP) is 4.16. The van der Waals surface area contributed by atoms with Crippen LogP contribution in [0.5, 0.6) is 5.75 Å². The first kappa shape index (κ1) is 16.0. The second-order valence-corrected chi connectivity index (χ2v) is 6.88. The van der Waals surface area contributed by atoms with Gasteiger partial charge in [0.2, 0.25) is 0 Å². The van der Waals surface area contributed by atoms with Crippen LogP contribution in [0.2, 0.25) is 0 Å². The first-order valence-electron chi connectivity index (χ1n) is 7.79. The molecular weight excluding hydrogens is 264 g/mol. The van der Waals surface area contributed by atoms with Crippen molar-refractivity contribution in [2.45, 2.75) is 64.9 Å². The SMILES string of the molecule is Cc1cc(C(C)(C)C)ccc1OC(=O)CCC1CCCO1. The zero-order valence-electron chi connectivity index (χ0n) is 13.6. The Morgan fingerprint density at radius 1 is 1.38 bits per heavy atom. The Bertz CT molecular complexity index is 494. The molecule has 2 rings (SSSR count). The van der Waals surface area contributed by atoms with Crippen molar-refractivity contribution in [3.05, 3.63) is 29.3 Å². The number of esters is 1. The van der Waals surface area contributed by atoms with Crippen molar-refractivity contribution in [1.29, 1.82) is 0 Å². The molecule has 1 aliphatic rings. The van der Waals surface area contributed by atoms with Crippen molar-refractivity contribution in [3.8, 4) is 5.75 Å². The van der Waals surface area contributed by atoms with E-state index in [1.165, 1.54) is 5.56 Å². The number of benzene rings is 1. The average molecular weight is 290 g/mol. The first-order chi connectivity index (χ1) is 9.86. The highest BCUT2D eigenvalue weighted by Gasteiger charge is 2.19. The summed E-state index contributed by atoms with van der Waals surface area (Å²) in [6.45, 7) is 9.34. The van der Waals surface area contributed by atoms with E-state index in [0.29, 0.717) is 12.2 Å². The van der Waals surface area contributed by atoms with Gasteiger partial charge in [0.15, 0.2) is 0 Å². The maximum atomic E-state index is 11.9. The van der Waals surface area contributed by atoms with Crippen LogP contribution in [0.3, 0.4) is 0 Å². The fourth-order valence-electron chi connectivity index (χ4n) is 2.55. The molecule has 0 N–H and O–H groups in total. The molecule has 0 bridgehead atoms. The van der Waals surface area contributed by atoms with Crippen molar-refractivity contribution < 1.29 is 14.3 Å². The quantitative estimate of drug-likeness (QED) is 0.617. The average Bonchev–Trinajstić information content (AvgIpc) is 2.91. The van der Waals surface area contributed by atoms with E-state index in [0.717, 1.165) is 31.4 Å². The fraction of sp³-hybridized carbons (Fsp3) is 0.611. The molecule has 0 aromatic heterocycles. The lowest BCUT2D eigenvalue weighted by molar-refractivity contribution is -0.135. The van der Waals surface area contributed by atoms with Crippen molar-refractivity contribution in [1.82, 2.24) is 0 Å². The van der Waals surface area contributed by atoms with Gasteiger partial charge in [-0.25, -0.2) is 0 Å². The smallest absolute Gasteiger partial charge is 0.311 e. The summed E-state index contributed by atoms with van der Waals surface area (Å²) in [6, 6.07) is 6.04. The molecule has 0 saturated carbocycles. The molecule has 1 aliphatic heterocycles. The van der Waals surface area contributed by atoms with Gasteiger partial charge < -0.3 is 9.47 Å². The van der Waals surface area contributed by atoms with Crippen LogP contribution in [0.1, 0.15) is 57.6 Å². The lowest BCUT2D eigenvalue weighted by atomic mass is 9.86. The molecule has 1 saturated heterocycles. The molecule has 1 aromatic rings. The third-order valence-corrected chi connectivity index (χ3v) is 3.96.